The summed E-state index contributed by atoms with van der Waals surface area (Å²) in [5, 5.41) is 5.03. The van der Waals surface area contributed by atoms with Gasteiger partial charge in [0.15, 0.2) is 0 Å². The van der Waals surface area contributed by atoms with E-state index in [9.17, 15) is 19.2 Å². The molecule has 0 spiro atoms. The number of carbonyl (C=O) groups excluding carboxylic acids is 4. The first-order valence-electron chi connectivity index (χ1n) is 13.0. The van der Waals surface area contributed by atoms with Crippen LogP contribution in [0.2, 0.25) is 0 Å². The lowest BCUT2D eigenvalue weighted by atomic mass is 9.90. The Morgan fingerprint density at radius 2 is 1.81 bits per heavy atom. The summed E-state index contributed by atoms with van der Waals surface area (Å²) in [4.78, 5) is 53.2. The van der Waals surface area contributed by atoms with Crippen LogP contribution in [0.5, 0.6) is 0 Å². The van der Waals surface area contributed by atoms with Crippen LogP contribution >= 0.6 is 0 Å². The number of nitrogens with zero attached hydrogens (tertiary/aromatic N) is 2. The highest BCUT2D eigenvalue weighted by Crippen LogP contribution is 2.28. The predicted octanol–water partition coefficient (Wildman–Crippen LogP) is 1.57. The zero-order chi connectivity index (χ0) is 27.6. The maximum atomic E-state index is 13.5. The first kappa shape index (κ1) is 31.8. The van der Waals surface area contributed by atoms with Crippen LogP contribution in [0.3, 0.4) is 0 Å². The average Bonchev–Trinajstić information content (AvgIpc) is 3.30. The fourth-order valence-corrected chi connectivity index (χ4v) is 5.07. The van der Waals surface area contributed by atoms with E-state index in [1.807, 2.05) is 18.7 Å². The second-order valence-electron chi connectivity index (χ2n) is 10.7. The number of likely N-dealkylation sites (N-methyl/N-ethyl adjacent to an activating group) is 1. The molecule has 0 aliphatic carbocycles. The molecule has 10 heteroatoms. The third-order valence-corrected chi connectivity index (χ3v) is 7.44. The lowest BCUT2D eigenvalue weighted by Gasteiger charge is -2.39. The summed E-state index contributed by atoms with van der Waals surface area (Å²) >= 11 is 0. The molecule has 0 aromatic carbocycles. The molecule has 10 nitrogen and oxygen atoms in total. The monoisotopic (exact) mass is 512 g/mol. The highest BCUT2D eigenvalue weighted by Gasteiger charge is 2.40. The first-order chi connectivity index (χ1) is 16.9. The molecule has 1 rings (SSSR count). The number of carbonyl (C=O) groups is 4. The lowest BCUT2D eigenvalue weighted by molar-refractivity contribution is -0.144. The van der Waals surface area contributed by atoms with Gasteiger partial charge in [-0.3, -0.25) is 19.2 Å². The fourth-order valence-electron chi connectivity index (χ4n) is 5.07. The summed E-state index contributed by atoms with van der Waals surface area (Å²) in [5.41, 5.74) is -1.14. The minimum absolute atomic E-state index is 0.00353. The van der Waals surface area contributed by atoms with Gasteiger partial charge < -0.3 is 29.9 Å². The van der Waals surface area contributed by atoms with Crippen LogP contribution in [0.15, 0.2) is 0 Å². The Morgan fingerprint density at radius 3 is 2.31 bits per heavy atom. The summed E-state index contributed by atoms with van der Waals surface area (Å²) in [6.07, 6.45) is 2.68. The molecular weight excluding hydrogens is 464 g/mol. The SMILES string of the molecule is CCC(C)C(C(CC(=O)N1CCCC1C(OC)C(C)C)OC)N(C)C(=O)CNC(=O)C(C)(C)NC=O. The van der Waals surface area contributed by atoms with E-state index in [-0.39, 0.29) is 54.8 Å². The van der Waals surface area contributed by atoms with Crippen molar-refractivity contribution in [2.24, 2.45) is 11.8 Å². The number of methoxy groups -OCH3 is 2. The van der Waals surface area contributed by atoms with Gasteiger partial charge in [0.25, 0.3) is 0 Å². The summed E-state index contributed by atoms with van der Waals surface area (Å²) in [7, 11) is 4.93. The van der Waals surface area contributed by atoms with Crippen LogP contribution < -0.4 is 10.6 Å². The second-order valence-corrected chi connectivity index (χ2v) is 10.7. The minimum atomic E-state index is -1.14. The Morgan fingerprint density at radius 1 is 1.17 bits per heavy atom. The topological polar surface area (TPSA) is 117 Å². The van der Waals surface area contributed by atoms with Gasteiger partial charge in [0.1, 0.15) is 5.54 Å². The Bertz CT molecular complexity index is 744. The Kier molecular flexibility index (Phi) is 12.8. The Balaban J connectivity index is 2.99. The van der Waals surface area contributed by atoms with Gasteiger partial charge in [-0.05, 0) is 38.5 Å². The molecule has 36 heavy (non-hydrogen) atoms. The van der Waals surface area contributed by atoms with E-state index in [1.54, 1.807) is 40.0 Å². The fraction of sp³-hybridized carbons (Fsp3) is 0.846. The highest BCUT2D eigenvalue weighted by molar-refractivity contribution is 5.91. The van der Waals surface area contributed by atoms with E-state index < -0.39 is 17.6 Å². The van der Waals surface area contributed by atoms with Crippen molar-refractivity contribution in [2.45, 2.75) is 97.1 Å². The lowest BCUT2D eigenvalue weighted by Crippen LogP contribution is -2.56. The highest BCUT2D eigenvalue weighted by atomic mass is 16.5. The van der Waals surface area contributed by atoms with E-state index in [0.717, 1.165) is 19.3 Å². The Labute approximate surface area is 216 Å². The first-order valence-corrected chi connectivity index (χ1v) is 13.0. The molecule has 0 bridgehead atoms. The van der Waals surface area contributed by atoms with Crippen LogP contribution in [0, 0.1) is 11.8 Å². The molecule has 0 aromatic heterocycles. The third kappa shape index (κ3) is 8.16. The van der Waals surface area contributed by atoms with Crippen molar-refractivity contribution in [3.63, 3.8) is 0 Å². The van der Waals surface area contributed by atoms with Gasteiger partial charge in [-0.2, -0.15) is 0 Å². The molecule has 1 aliphatic heterocycles. The number of amides is 4. The van der Waals surface area contributed by atoms with Crippen molar-refractivity contribution in [2.75, 3.05) is 34.4 Å². The van der Waals surface area contributed by atoms with Gasteiger partial charge in [-0.25, -0.2) is 0 Å². The molecule has 0 radical (unpaired) electrons. The molecule has 4 amide bonds. The van der Waals surface area contributed by atoms with Crippen LogP contribution in [-0.2, 0) is 28.7 Å². The van der Waals surface area contributed by atoms with E-state index >= 15 is 0 Å². The van der Waals surface area contributed by atoms with Crippen molar-refractivity contribution in [3.8, 4) is 0 Å². The minimum Gasteiger partial charge on any atom is -0.379 e. The van der Waals surface area contributed by atoms with Gasteiger partial charge in [0, 0.05) is 27.8 Å². The number of hydrogen-bond acceptors (Lipinski definition) is 6. The number of nitrogens with one attached hydrogen (secondary N) is 2. The third-order valence-electron chi connectivity index (χ3n) is 7.44. The number of ether oxygens (including phenoxy) is 2. The molecule has 2 N–H and O–H groups in total. The summed E-state index contributed by atoms with van der Waals surface area (Å²) in [5.74, 6) is -0.435. The predicted molar refractivity (Wildman–Crippen MR) is 138 cm³/mol. The smallest absolute Gasteiger partial charge is 0.245 e. The van der Waals surface area contributed by atoms with Crippen LogP contribution in [0.25, 0.3) is 0 Å². The van der Waals surface area contributed by atoms with Crippen molar-refractivity contribution < 1.29 is 28.7 Å². The standard InChI is InChI=1S/C26H48N4O6/c1-10-18(4)23(29(7)22(33)15-27-25(34)26(5,6)28-16-31)20(35-8)14-21(32)30-13-11-12-19(30)24(36-9)17(2)3/h16-20,23-24H,10-15H2,1-9H3,(H,27,34)(H,28,31). The molecule has 208 valence electrons. The number of rotatable bonds is 15. The van der Waals surface area contributed by atoms with Crippen LogP contribution in [-0.4, -0.2) is 98.1 Å². The van der Waals surface area contributed by atoms with Crippen LogP contribution in [0.1, 0.15) is 67.2 Å². The molecule has 1 saturated heterocycles. The summed E-state index contributed by atoms with van der Waals surface area (Å²) in [6.45, 7) is 11.8. The Hall–Kier alpha value is -2.20. The van der Waals surface area contributed by atoms with Gasteiger partial charge in [-0.1, -0.05) is 34.1 Å². The van der Waals surface area contributed by atoms with E-state index in [2.05, 4.69) is 24.5 Å². The van der Waals surface area contributed by atoms with Crippen molar-refractivity contribution >= 4 is 24.1 Å². The zero-order valence-electron chi connectivity index (χ0n) is 23.6. The zero-order valence-corrected chi connectivity index (χ0v) is 23.6. The van der Waals surface area contributed by atoms with Gasteiger partial charge >= 0.3 is 0 Å². The average molecular weight is 513 g/mol. The molecule has 1 fully saturated rings. The summed E-state index contributed by atoms with van der Waals surface area (Å²) in [6, 6.07) is -0.334. The normalized spacial score (nSPS) is 19.4. The quantitative estimate of drug-likeness (QED) is 0.322. The largest absolute Gasteiger partial charge is 0.379 e. The number of likely N-dealkylation sites (tertiary alicyclic amines) is 1. The summed E-state index contributed by atoms with van der Waals surface area (Å²) < 4.78 is 11.5. The van der Waals surface area contributed by atoms with E-state index in [0.29, 0.717) is 13.0 Å². The molecular formula is C26H48N4O6. The van der Waals surface area contributed by atoms with Gasteiger partial charge in [-0.15, -0.1) is 0 Å². The maximum Gasteiger partial charge on any atom is 0.245 e. The molecule has 1 heterocycles. The number of hydrogen-bond donors (Lipinski definition) is 2. The molecule has 5 atom stereocenters. The molecule has 0 saturated carbocycles. The van der Waals surface area contributed by atoms with E-state index in [1.165, 1.54) is 0 Å². The molecule has 0 aromatic rings. The van der Waals surface area contributed by atoms with E-state index in [4.69, 9.17) is 9.47 Å². The van der Waals surface area contributed by atoms with Crippen molar-refractivity contribution in [1.29, 1.82) is 0 Å². The van der Waals surface area contributed by atoms with Gasteiger partial charge in [0.2, 0.25) is 24.1 Å². The van der Waals surface area contributed by atoms with Crippen LogP contribution in [0.4, 0.5) is 0 Å². The second kappa shape index (κ2) is 14.5. The van der Waals surface area contributed by atoms with Gasteiger partial charge in [0.05, 0.1) is 37.3 Å². The molecule has 1 aliphatic rings. The van der Waals surface area contributed by atoms with Crippen molar-refractivity contribution in [3.05, 3.63) is 0 Å². The maximum absolute atomic E-state index is 13.5. The van der Waals surface area contributed by atoms with Crippen molar-refractivity contribution in [1.82, 2.24) is 20.4 Å². The molecule has 5 unspecified atom stereocenters.